The van der Waals surface area contributed by atoms with Crippen molar-refractivity contribution in [2.24, 2.45) is 5.10 Å². The number of hydrazone groups is 1. The molecule has 0 radical (unpaired) electrons. The first kappa shape index (κ1) is 11.4. The molecule has 1 aromatic heterocycles. The summed E-state index contributed by atoms with van der Waals surface area (Å²) < 4.78 is 12.9. The summed E-state index contributed by atoms with van der Waals surface area (Å²) in [5.41, 5.74) is 2.22. The lowest BCUT2D eigenvalue weighted by Gasteiger charge is -2.18. The molecule has 0 saturated heterocycles. The molecule has 0 N–H and O–H groups in total. The molecular formula is C14H13FN2S. The van der Waals surface area contributed by atoms with Gasteiger partial charge in [-0.05, 0) is 29.1 Å². The minimum atomic E-state index is -0.196. The van der Waals surface area contributed by atoms with Crippen molar-refractivity contribution >= 4 is 17.0 Å². The van der Waals surface area contributed by atoms with Crippen molar-refractivity contribution in [1.82, 2.24) is 5.01 Å². The molecule has 0 saturated carbocycles. The number of hydrogen-bond acceptors (Lipinski definition) is 3. The molecular weight excluding hydrogens is 247 g/mol. The van der Waals surface area contributed by atoms with Crippen molar-refractivity contribution in [2.45, 2.75) is 12.5 Å². The van der Waals surface area contributed by atoms with Gasteiger partial charge in [0.1, 0.15) is 5.82 Å². The molecule has 0 fully saturated rings. The van der Waals surface area contributed by atoms with Gasteiger partial charge in [-0.2, -0.15) is 5.10 Å². The Balaban J connectivity index is 1.84. The molecule has 2 heterocycles. The van der Waals surface area contributed by atoms with Crippen LogP contribution >= 0.6 is 11.3 Å². The number of benzene rings is 1. The standard InChI is InChI=1S/C14H13FN2S/c1-17-13(10-4-6-11(15)7-5-10)9-12(16-17)14-3-2-8-18-14/h2-8,13H,9H2,1H3/t13-/m1/s1. The molecule has 1 aliphatic heterocycles. The molecule has 1 aromatic carbocycles. The van der Waals surface area contributed by atoms with Crippen LogP contribution in [-0.2, 0) is 0 Å². The first-order valence-electron chi connectivity index (χ1n) is 5.84. The molecule has 0 spiro atoms. The summed E-state index contributed by atoms with van der Waals surface area (Å²) in [7, 11) is 1.97. The van der Waals surface area contributed by atoms with E-state index in [1.807, 2.05) is 30.3 Å². The zero-order chi connectivity index (χ0) is 12.5. The summed E-state index contributed by atoms with van der Waals surface area (Å²) in [6, 6.07) is 11.0. The molecule has 0 unspecified atom stereocenters. The largest absolute Gasteiger partial charge is 0.292 e. The van der Waals surface area contributed by atoms with Gasteiger partial charge in [0.05, 0.1) is 16.6 Å². The van der Waals surface area contributed by atoms with Crippen LogP contribution in [0.15, 0.2) is 46.9 Å². The third-order valence-corrected chi connectivity index (χ3v) is 4.10. The lowest BCUT2D eigenvalue weighted by molar-refractivity contribution is 0.289. The maximum Gasteiger partial charge on any atom is 0.123 e. The molecule has 0 bridgehead atoms. The fraction of sp³-hybridized carbons (Fsp3) is 0.214. The minimum absolute atomic E-state index is 0.196. The van der Waals surface area contributed by atoms with Gasteiger partial charge in [0.2, 0.25) is 0 Å². The van der Waals surface area contributed by atoms with Gasteiger partial charge in [0.15, 0.2) is 0 Å². The van der Waals surface area contributed by atoms with Crippen LogP contribution in [0.4, 0.5) is 4.39 Å². The van der Waals surface area contributed by atoms with Crippen LogP contribution in [0.3, 0.4) is 0 Å². The molecule has 0 amide bonds. The van der Waals surface area contributed by atoms with E-state index < -0.39 is 0 Å². The maximum atomic E-state index is 12.9. The van der Waals surface area contributed by atoms with Crippen molar-refractivity contribution in [3.8, 4) is 0 Å². The summed E-state index contributed by atoms with van der Waals surface area (Å²) in [6.45, 7) is 0. The fourth-order valence-electron chi connectivity index (χ4n) is 2.23. The van der Waals surface area contributed by atoms with Gasteiger partial charge in [0, 0.05) is 13.5 Å². The van der Waals surface area contributed by atoms with E-state index >= 15 is 0 Å². The van der Waals surface area contributed by atoms with Crippen LogP contribution in [0.2, 0.25) is 0 Å². The first-order valence-corrected chi connectivity index (χ1v) is 6.71. The first-order chi connectivity index (χ1) is 8.74. The fourth-order valence-corrected chi connectivity index (χ4v) is 2.95. The Kier molecular flexibility index (Phi) is 2.88. The number of thiophene rings is 1. The summed E-state index contributed by atoms with van der Waals surface area (Å²) >= 11 is 1.70. The lowest BCUT2D eigenvalue weighted by Crippen LogP contribution is -2.13. The Labute approximate surface area is 109 Å². The zero-order valence-electron chi connectivity index (χ0n) is 10.0. The van der Waals surface area contributed by atoms with Crippen molar-refractivity contribution in [1.29, 1.82) is 0 Å². The summed E-state index contributed by atoms with van der Waals surface area (Å²) in [5.74, 6) is -0.196. The van der Waals surface area contributed by atoms with Crippen LogP contribution in [0, 0.1) is 5.82 Å². The predicted octanol–water partition coefficient (Wildman–Crippen LogP) is 3.67. The Bertz CT molecular complexity index is 560. The highest BCUT2D eigenvalue weighted by Gasteiger charge is 2.26. The normalized spacial score (nSPS) is 19.1. The Hall–Kier alpha value is -1.68. The summed E-state index contributed by atoms with van der Waals surface area (Å²) in [4.78, 5) is 1.21. The topological polar surface area (TPSA) is 15.6 Å². The average Bonchev–Trinajstić information content (AvgIpc) is 2.99. The third kappa shape index (κ3) is 2.04. The van der Waals surface area contributed by atoms with Gasteiger partial charge in [-0.1, -0.05) is 18.2 Å². The Morgan fingerprint density at radius 2 is 2.06 bits per heavy atom. The predicted molar refractivity (Wildman–Crippen MR) is 72.4 cm³/mol. The molecule has 3 rings (SSSR count). The van der Waals surface area contributed by atoms with Crippen molar-refractivity contribution in [2.75, 3.05) is 7.05 Å². The second-order valence-corrected chi connectivity index (χ2v) is 5.32. The molecule has 2 nitrogen and oxygen atoms in total. The molecule has 0 aliphatic carbocycles. The van der Waals surface area contributed by atoms with Crippen LogP contribution in [0.5, 0.6) is 0 Å². The van der Waals surface area contributed by atoms with E-state index in [1.54, 1.807) is 11.3 Å². The Morgan fingerprint density at radius 3 is 2.72 bits per heavy atom. The highest BCUT2D eigenvalue weighted by molar-refractivity contribution is 7.12. The van der Waals surface area contributed by atoms with Crippen LogP contribution < -0.4 is 0 Å². The molecule has 4 heteroatoms. The summed E-state index contributed by atoms with van der Waals surface area (Å²) in [6.07, 6.45) is 0.878. The van der Waals surface area contributed by atoms with E-state index in [0.29, 0.717) is 0 Å². The van der Waals surface area contributed by atoms with Crippen LogP contribution in [-0.4, -0.2) is 17.8 Å². The highest BCUT2D eigenvalue weighted by atomic mass is 32.1. The lowest BCUT2D eigenvalue weighted by atomic mass is 10.0. The monoisotopic (exact) mass is 260 g/mol. The number of rotatable bonds is 2. The van der Waals surface area contributed by atoms with Crippen molar-refractivity contribution in [3.63, 3.8) is 0 Å². The number of hydrogen-bond donors (Lipinski definition) is 0. The quantitative estimate of drug-likeness (QED) is 0.804. The smallest absolute Gasteiger partial charge is 0.123 e. The van der Waals surface area contributed by atoms with E-state index in [9.17, 15) is 4.39 Å². The molecule has 2 aromatic rings. The molecule has 92 valence electrons. The van der Waals surface area contributed by atoms with Gasteiger partial charge in [-0.25, -0.2) is 4.39 Å². The van der Waals surface area contributed by atoms with Gasteiger partial charge in [-0.15, -0.1) is 11.3 Å². The van der Waals surface area contributed by atoms with Gasteiger partial charge in [-0.3, -0.25) is 5.01 Å². The van der Waals surface area contributed by atoms with Crippen molar-refractivity contribution < 1.29 is 4.39 Å². The number of halogens is 1. The number of nitrogens with zero attached hydrogens (tertiary/aromatic N) is 2. The van der Waals surface area contributed by atoms with Gasteiger partial charge < -0.3 is 0 Å². The Morgan fingerprint density at radius 1 is 1.28 bits per heavy atom. The van der Waals surface area contributed by atoms with Crippen LogP contribution in [0.1, 0.15) is 22.9 Å². The van der Waals surface area contributed by atoms with E-state index in [4.69, 9.17) is 0 Å². The van der Waals surface area contributed by atoms with E-state index in [2.05, 4.69) is 16.5 Å². The highest BCUT2D eigenvalue weighted by Crippen LogP contribution is 2.32. The molecule has 1 aliphatic rings. The zero-order valence-corrected chi connectivity index (χ0v) is 10.8. The third-order valence-electron chi connectivity index (χ3n) is 3.18. The van der Waals surface area contributed by atoms with Crippen molar-refractivity contribution in [3.05, 3.63) is 58.0 Å². The molecule has 18 heavy (non-hydrogen) atoms. The SMILES string of the molecule is CN1N=C(c2cccs2)C[C@@H]1c1ccc(F)cc1. The second-order valence-electron chi connectivity index (χ2n) is 4.37. The van der Waals surface area contributed by atoms with E-state index in [-0.39, 0.29) is 11.9 Å². The minimum Gasteiger partial charge on any atom is -0.292 e. The van der Waals surface area contributed by atoms with E-state index in [1.165, 1.54) is 17.0 Å². The van der Waals surface area contributed by atoms with E-state index in [0.717, 1.165) is 17.7 Å². The van der Waals surface area contributed by atoms with Gasteiger partial charge in [0.25, 0.3) is 0 Å². The van der Waals surface area contributed by atoms with Gasteiger partial charge >= 0.3 is 0 Å². The molecule has 1 atom stereocenters. The van der Waals surface area contributed by atoms with Crippen LogP contribution in [0.25, 0.3) is 0 Å². The average molecular weight is 260 g/mol. The summed E-state index contributed by atoms with van der Waals surface area (Å²) in [5, 5.41) is 8.60. The maximum absolute atomic E-state index is 12.9. The second kappa shape index (κ2) is 4.53.